The number of rotatable bonds is 10. The first-order valence-corrected chi connectivity index (χ1v) is 7.03. The van der Waals surface area contributed by atoms with Crippen molar-refractivity contribution in [3.63, 3.8) is 0 Å². The fourth-order valence-electron chi connectivity index (χ4n) is 1.02. The molecule has 18 heavy (non-hydrogen) atoms. The largest absolute Gasteiger partial charge is 0.480 e. The van der Waals surface area contributed by atoms with Crippen LogP contribution in [-0.2, 0) is 14.3 Å². The van der Waals surface area contributed by atoms with Crippen LogP contribution in [0.2, 0.25) is 0 Å². The number of aliphatic carboxylic acids is 1. The summed E-state index contributed by atoms with van der Waals surface area (Å²) >= 11 is 1.22. The minimum Gasteiger partial charge on any atom is -0.480 e. The zero-order chi connectivity index (χ0) is 14.0. The number of carboxylic acids is 1. The maximum absolute atomic E-state index is 11.3. The fourth-order valence-corrected chi connectivity index (χ4v) is 1.82. The van der Waals surface area contributed by atoms with Crippen LogP contribution in [-0.4, -0.2) is 53.8 Å². The second kappa shape index (κ2) is 10.2. The molecule has 7 heteroatoms. The molecule has 0 spiro atoms. The van der Waals surface area contributed by atoms with Crippen molar-refractivity contribution >= 4 is 23.6 Å². The van der Waals surface area contributed by atoms with Gasteiger partial charge in [0, 0.05) is 18.9 Å². The third kappa shape index (κ3) is 10.4. The van der Waals surface area contributed by atoms with Gasteiger partial charge in [-0.05, 0) is 20.3 Å². The van der Waals surface area contributed by atoms with Crippen LogP contribution in [0.25, 0.3) is 0 Å². The van der Waals surface area contributed by atoms with Gasteiger partial charge in [-0.3, -0.25) is 9.59 Å². The van der Waals surface area contributed by atoms with Crippen LogP contribution >= 0.6 is 11.8 Å². The van der Waals surface area contributed by atoms with Crippen molar-refractivity contribution in [2.45, 2.75) is 32.4 Å². The highest BCUT2D eigenvalue weighted by Gasteiger charge is 2.11. The lowest BCUT2D eigenvalue weighted by Gasteiger charge is -2.09. The molecule has 0 fully saturated rings. The second-order valence-corrected chi connectivity index (χ2v) is 5.11. The fraction of sp³-hybridized carbons (Fsp3) is 0.818. The van der Waals surface area contributed by atoms with Crippen molar-refractivity contribution in [3.8, 4) is 0 Å². The Balaban J connectivity index is 3.41. The zero-order valence-electron chi connectivity index (χ0n) is 10.8. The monoisotopic (exact) mass is 278 g/mol. The van der Waals surface area contributed by atoms with Gasteiger partial charge >= 0.3 is 5.97 Å². The molecule has 1 atom stereocenters. The minimum atomic E-state index is -1.05. The van der Waals surface area contributed by atoms with E-state index in [1.165, 1.54) is 11.8 Å². The number of carbonyl (C=O) groups is 2. The van der Waals surface area contributed by atoms with Gasteiger partial charge in [-0.2, -0.15) is 0 Å². The van der Waals surface area contributed by atoms with E-state index in [-0.39, 0.29) is 23.5 Å². The Bertz CT molecular complexity index is 261. The Kier molecular flexibility index (Phi) is 9.72. The van der Waals surface area contributed by atoms with E-state index in [1.54, 1.807) is 0 Å². The molecule has 106 valence electrons. The smallest absolute Gasteiger partial charge is 0.321 e. The number of hydrogen-bond acceptors (Lipinski definition) is 5. The highest BCUT2D eigenvalue weighted by molar-refractivity contribution is 8.00. The lowest BCUT2D eigenvalue weighted by molar-refractivity contribution is -0.138. The third-order valence-electron chi connectivity index (χ3n) is 1.94. The van der Waals surface area contributed by atoms with Crippen LogP contribution in [0.4, 0.5) is 0 Å². The summed E-state index contributed by atoms with van der Waals surface area (Å²) in [5, 5.41) is 11.3. The Hall–Kier alpha value is -0.790. The lowest BCUT2D eigenvalue weighted by Crippen LogP contribution is -2.33. The average Bonchev–Trinajstić information content (AvgIpc) is 2.27. The maximum atomic E-state index is 11.3. The molecule has 0 saturated carbocycles. The summed E-state index contributed by atoms with van der Waals surface area (Å²) in [5.41, 5.74) is 5.30. The number of nitrogens with one attached hydrogen (secondary N) is 1. The van der Waals surface area contributed by atoms with Gasteiger partial charge < -0.3 is 20.9 Å². The van der Waals surface area contributed by atoms with Crippen molar-refractivity contribution in [2.75, 3.05) is 24.7 Å². The Labute approximate surface area is 112 Å². The van der Waals surface area contributed by atoms with E-state index in [0.717, 1.165) is 6.42 Å². The van der Waals surface area contributed by atoms with Crippen LogP contribution in [0.1, 0.15) is 20.3 Å². The summed E-state index contributed by atoms with van der Waals surface area (Å²) in [5.74, 6) is -0.693. The Morgan fingerprint density at radius 3 is 2.67 bits per heavy atom. The number of carbonyl (C=O) groups excluding carboxylic acids is 1. The van der Waals surface area contributed by atoms with Gasteiger partial charge in [-0.15, -0.1) is 11.8 Å². The van der Waals surface area contributed by atoms with E-state index in [9.17, 15) is 9.59 Å². The molecule has 4 N–H and O–H groups in total. The molecule has 0 heterocycles. The van der Waals surface area contributed by atoms with Crippen LogP contribution in [0.15, 0.2) is 0 Å². The number of nitrogens with two attached hydrogens (primary N) is 1. The van der Waals surface area contributed by atoms with Gasteiger partial charge in [0.1, 0.15) is 6.04 Å². The van der Waals surface area contributed by atoms with Crippen LogP contribution in [0, 0.1) is 0 Å². The van der Waals surface area contributed by atoms with Crippen LogP contribution in [0.5, 0.6) is 0 Å². The molecule has 0 rings (SSSR count). The summed E-state index contributed by atoms with van der Waals surface area (Å²) in [6.07, 6.45) is 0.970. The molecular formula is C11H22N2O4S. The molecule has 0 radical (unpaired) electrons. The predicted molar refractivity (Wildman–Crippen MR) is 71.7 cm³/mol. The molecule has 0 aliphatic carbocycles. The van der Waals surface area contributed by atoms with Crippen molar-refractivity contribution in [3.05, 3.63) is 0 Å². The van der Waals surface area contributed by atoms with E-state index in [4.69, 9.17) is 15.6 Å². The molecule has 0 saturated heterocycles. The first-order chi connectivity index (χ1) is 8.43. The second-order valence-electron chi connectivity index (χ2n) is 4.08. The summed E-state index contributed by atoms with van der Waals surface area (Å²) in [4.78, 5) is 21.8. The normalized spacial score (nSPS) is 12.4. The molecule has 0 aliphatic rings. The third-order valence-corrected chi connectivity index (χ3v) is 3.00. The van der Waals surface area contributed by atoms with Gasteiger partial charge in [0.05, 0.1) is 11.9 Å². The first kappa shape index (κ1) is 17.2. The molecule has 1 unspecified atom stereocenters. The number of hydrogen-bond donors (Lipinski definition) is 3. The van der Waals surface area contributed by atoms with Crippen LogP contribution in [0.3, 0.4) is 0 Å². The molecule has 0 aliphatic heterocycles. The molecule has 0 aromatic heterocycles. The van der Waals surface area contributed by atoms with E-state index in [1.807, 2.05) is 13.8 Å². The summed E-state index contributed by atoms with van der Waals surface area (Å²) in [6.45, 7) is 5.11. The number of ether oxygens (including phenoxy) is 1. The summed E-state index contributed by atoms with van der Waals surface area (Å²) < 4.78 is 5.32. The van der Waals surface area contributed by atoms with Crippen LogP contribution < -0.4 is 11.1 Å². The number of carboxylic acid groups (broad SMARTS) is 1. The zero-order valence-corrected chi connectivity index (χ0v) is 11.7. The Morgan fingerprint density at radius 1 is 1.44 bits per heavy atom. The quantitative estimate of drug-likeness (QED) is 0.489. The van der Waals surface area contributed by atoms with Gasteiger partial charge in [0.25, 0.3) is 0 Å². The maximum Gasteiger partial charge on any atom is 0.321 e. The first-order valence-electron chi connectivity index (χ1n) is 5.88. The predicted octanol–water partition coefficient (Wildman–Crippen LogP) is 0.0628. The SMILES string of the molecule is CC(C)OCCCNC(=O)CSCC(N)C(=O)O. The van der Waals surface area contributed by atoms with Crippen molar-refractivity contribution in [1.29, 1.82) is 0 Å². The molecule has 0 aromatic rings. The molecule has 6 nitrogen and oxygen atoms in total. The topological polar surface area (TPSA) is 102 Å². The van der Waals surface area contributed by atoms with Gasteiger partial charge in [-0.1, -0.05) is 0 Å². The van der Waals surface area contributed by atoms with E-state index in [2.05, 4.69) is 5.32 Å². The van der Waals surface area contributed by atoms with E-state index < -0.39 is 12.0 Å². The number of thioether (sulfide) groups is 1. The van der Waals surface area contributed by atoms with Gasteiger partial charge in [0.2, 0.25) is 5.91 Å². The molecular weight excluding hydrogens is 256 g/mol. The molecule has 1 amide bonds. The van der Waals surface area contributed by atoms with Gasteiger partial charge in [0.15, 0.2) is 0 Å². The lowest BCUT2D eigenvalue weighted by atomic mass is 10.4. The number of amides is 1. The summed E-state index contributed by atoms with van der Waals surface area (Å²) in [6, 6.07) is -0.915. The standard InChI is InChI=1S/C11H22N2O4S/c1-8(2)17-5-3-4-13-10(14)7-18-6-9(12)11(15)16/h8-9H,3-7,12H2,1-2H3,(H,13,14)(H,15,16). The van der Waals surface area contributed by atoms with Crippen molar-refractivity contribution in [1.82, 2.24) is 5.32 Å². The highest BCUT2D eigenvalue weighted by atomic mass is 32.2. The molecule has 0 aromatic carbocycles. The summed E-state index contributed by atoms with van der Waals surface area (Å²) in [7, 11) is 0. The van der Waals surface area contributed by atoms with Crippen molar-refractivity contribution < 1.29 is 19.4 Å². The minimum absolute atomic E-state index is 0.109. The highest BCUT2D eigenvalue weighted by Crippen LogP contribution is 2.01. The van der Waals surface area contributed by atoms with E-state index in [0.29, 0.717) is 13.2 Å². The molecule has 0 bridgehead atoms. The average molecular weight is 278 g/mol. The van der Waals surface area contributed by atoms with Gasteiger partial charge in [-0.25, -0.2) is 0 Å². The van der Waals surface area contributed by atoms with Crippen molar-refractivity contribution in [2.24, 2.45) is 5.73 Å². The van der Waals surface area contributed by atoms with E-state index >= 15 is 0 Å². The Morgan fingerprint density at radius 2 is 2.11 bits per heavy atom.